The fourth-order valence-corrected chi connectivity index (χ4v) is 2.26. The van der Waals surface area contributed by atoms with Gasteiger partial charge in [-0.3, -0.25) is 4.79 Å². The Balaban J connectivity index is 2.24. The molecule has 92 valence electrons. The molecule has 2 N–H and O–H groups in total. The van der Waals surface area contributed by atoms with Gasteiger partial charge in [-0.25, -0.2) is 4.39 Å². The molecule has 0 saturated carbocycles. The third-order valence-corrected chi connectivity index (χ3v) is 3.54. The van der Waals surface area contributed by atoms with Crippen molar-refractivity contribution < 1.29 is 14.3 Å². The first-order chi connectivity index (χ1) is 7.99. The Morgan fingerprint density at radius 1 is 1.59 bits per heavy atom. The van der Waals surface area contributed by atoms with Gasteiger partial charge in [-0.15, -0.1) is 0 Å². The van der Waals surface area contributed by atoms with E-state index in [9.17, 15) is 9.18 Å². The van der Waals surface area contributed by atoms with Gasteiger partial charge in [-0.2, -0.15) is 0 Å². The third-order valence-electron chi connectivity index (χ3n) is 3.13. The molecule has 2 unspecified atom stereocenters. The Morgan fingerprint density at radius 2 is 2.29 bits per heavy atom. The van der Waals surface area contributed by atoms with Crippen LogP contribution in [0.3, 0.4) is 0 Å². The lowest BCUT2D eigenvalue weighted by Gasteiger charge is -2.13. The number of carboxylic acid groups (broad SMARTS) is 1. The predicted octanol–water partition coefficient (Wildman–Crippen LogP) is 2.52. The van der Waals surface area contributed by atoms with E-state index in [4.69, 9.17) is 16.7 Å². The second kappa shape index (κ2) is 4.63. The van der Waals surface area contributed by atoms with E-state index in [2.05, 4.69) is 5.32 Å². The SMILES string of the molecule is Cc1cc(F)c(C2CC(C(=O)O)CN2)cc1Cl. The number of carboxylic acids is 1. The van der Waals surface area contributed by atoms with Gasteiger partial charge in [0.15, 0.2) is 0 Å². The molecule has 3 nitrogen and oxygen atoms in total. The summed E-state index contributed by atoms with van der Waals surface area (Å²) in [5, 5.41) is 12.4. The minimum atomic E-state index is -0.849. The number of hydrogen-bond donors (Lipinski definition) is 2. The maximum Gasteiger partial charge on any atom is 0.307 e. The number of aryl methyl sites for hydroxylation is 1. The Hall–Kier alpha value is -1.13. The molecule has 0 aliphatic carbocycles. The molecule has 2 atom stereocenters. The Labute approximate surface area is 104 Å². The molecular weight excluding hydrogens is 245 g/mol. The topological polar surface area (TPSA) is 49.3 Å². The molecular formula is C12H13ClFNO2. The van der Waals surface area contributed by atoms with Gasteiger partial charge in [0.05, 0.1) is 5.92 Å². The zero-order valence-electron chi connectivity index (χ0n) is 9.34. The standard InChI is InChI=1S/C12H13ClFNO2/c1-6-2-10(14)8(4-9(6)13)11-3-7(5-15-11)12(16)17/h2,4,7,11,15H,3,5H2,1H3,(H,16,17). The maximum atomic E-state index is 13.8. The Bertz CT molecular complexity index is 464. The van der Waals surface area contributed by atoms with Gasteiger partial charge in [0, 0.05) is 23.2 Å². The van der Waals surface area contributed by atoms with E-state index in [1.807, 2.05) is 0 Å². The van der Waals surface area contributed by atoms with Crippen LogP contribution >= 0.6 is 11.6 Å². The average molecular weight is 258 g/mol. The molecule has 5 heteroatoms. The van der Waals surface area contributed by atoms with E-state index < -0.39 is 11.9 Å². The number of benzene rings is 1. The van der Waals surface area contributed by atoms with E-state index in [-0.39, 0.29) is 11.9 Å². The highest BCUT2D eigenvalue weighted by atomic mass is 35.5. The minimum absolute atomic E-state index is 0.269. The number of halogens is 2. The lowest BCUT2D eigenvalue weighted by Crippen LogP contribution is -2.17. The summed E-state index contributed by atoms with van der Waals surface area (Å²) in [7, 11) is 0. The summed E-state index contributed by atoms with van der Waals surface area (Å²) in [5.74, 6) is -1.64. The molecule has 0 spiro atoms. The molecule has 1 aliphatic rings. The zero-order valence-corrected chi connectivity index (χ0v) is 10.1. The van der Waals surface area contributed by atoms with Crippen molar-refractivity contribution in [3.8, 4) is 0 Å². The molecule has 0 radical (unpaired) electrons. The van der Waals surface area contributed by atoms with Crippen molar-refractivity contribution in [3.05, 3.63) is 34.1 Å². The normalized spacial score (nSPS) is 23.9. The van der Waals surface area contributed by atoms with Crippen molar-refractivity contribution in [1.82, 2.24) is 5.32 Å². The molecule has 2 rings (SSSR count). The number of carbonyl (C=O) groups is 1. The van der Waals surface area contributed by atoms with Crippen molar-refractivity contribution in [3.63, 3.8) is 0 Å². The monoisotopic (exact) mass is 257 g/mol. The van der Waals surface area contributed by atoms with Crippen LogP contribution in [-0.4, -0.2) is 17.6 Å². The van der Waals surface area contributed by atoms with Crippen LogP contribution in [0.5, 0.6) is 0 Å². The molecule has 1 saturated heterocycles. The molecule has 1 heterocycles. The van der Waals surface area contributed by atoms with Gasteiger partial charge in [0.1, 0.15) is 5.82 Å². The molecule has 1 aromatic carbocycles. The van der Waals surface area contributed by atoms with Crippen LogP contribution in [-0.2, 0) is 4.79 Å². The third kappa shape index (κ3) is 2.42. The summed E-state index contributed by atoms with van der Waals surface area (Å²) in [6.07, 6.45) is 0.394. The predicted molar refractivity (Wildman–Crippen MR) is 62.6 cm³/mol. The molecule has 0 aromatic heterocycles. The highest BCUT2D eigenvalue weighted by Gasteiger charge is 2.31. The van der Waals surface area contributed by atoms with Gasteiger partial charge in [0.2, 0.25) is 0 Å². The van der Waals surface area contributed by atoms with Gasteiger partial charge in [0.25, 0.3) is 0 Å². The summed E-state index contributed by atoms with van der Waals surface area (Å²) in [4.78, 5) is 10.8. The summed E-state index contributed by atoms with van der Waals surface area (Å²) >= 11 is 5.95. The summed E-state index contributed by atoms with van der Waals surface area (Å²) < 4.78 is 13.8. The molecule has 1 aliphatic heterocycles. The highest BCUT2D eigenvalue weighted by Crippen LogP contribution is 2.31. The van der Waals surface area contributed by atoms with E-state index in [1.54, 1.807) is 13.0 Å². The molecule has 0 amide bonds. The Kier molecular flexibility index (Phi) is 3.35. The number of nitrogens with one attached hydrogen (secondary N) is 1. The summed E-state index contributed by atoms with van der Waals surface area (Å²) in [6.45, 7) is 2.10. The van der Waals surface area contributed by atoms with Crippen molar-refractivity contribution in [2.45, 2.75) is 19.4 Å². The highest BCUT2D eigenvalue weighted by molar-refractivity contribution is 6.31. The first-order valence-corrected chi connectivity index (χ1v) is 5.78. The van der Waals surface area contributed by atoms with Gasteiger partial charge < -0.3 is 10.4 Å². The number of hydrogen-bond acceptors (Lipinski definition) is 2. The van der Waals surface area contributed by atoms with Crippen LogP contribution < -0.4 is 5.32 Å². The summed E-state index contributed by atoms with van der Waals surface area (Å²) in [5.41, 5.74) is 1.13. The maximum absolute atomic E-state index is 13.8. The number of rotatable bonds is 2. The van der Waals surface area contributed by atoms with E-state index >= 15 is 0 Å². The Morgan fingerprint density at radius 3 is 2.88 bits per heavy atom. The van der Waals surface area contributed by atoms with Crippen LogP contribution in [0, 0.1) is 18.7 Å². The van der Waals surface area contributed by atoms with Gasteiger partial charge in [-0.05, 0) is 31.0 Å². The van der Waals surface area contributed by atoms with Crippen molar-refractivity contribution in [1.29, 1.82) is 0 Å². The largest absolute Gasteiger partial charge is 0.481 e. The number of aliphatic carboxylic acids is 1. The van der Waals surface area contributed by atoms with Crippen molar-refractivity contribution >= 4 is 17.6 Å². The summed E-state index contributed by atoms with van der Waals surface area (Å²) in [6, 6.07) is 2.69. The smallest absolute Gasteiger partial charge is 0.307 e. The quantitative estimate of drug-likeness (QED) is 0.856. The van der Waals surface area contributed by atoms with Crippen LogP contribution in [0.15, 0.2) is 12.1 Å². The van der Waals surface area contributed by atoms with Crippen molar-refractivity contribution in [2.75, 3.05) is 6.54 Å². The first-order valence-electron chi connectivity index (χ1n) is 5.40. The zero-order chi connectivity index (χ0) is 12.6. The first kappa shape index (κ1) is 12.3. The van der Waals surface area contributed by atoms with Crippen LogP contribution in [0.25, 0.3) is 0 Å². The van der Waals surface area contributed by atoms with Gasteiger partial charge in [-0.1, -0.05) is 11.6 Å². The van der Waals surface area contributed by atoms with Crippen LogP contribution in [0.2, 0.25) is 5.02 Å². The second-order valence-electron chi connectivity index (χ2n) is 4.35. The average Bonchev–Trinajstić information content (AvgIpc) is 2.72. The van der Waals surface area contributed by atoms with Crippen molar-refractivity contribution in [2.24, 2.45) is 5.92 Å². The molecule has 0 bridgehead atoms. The lowest BCUT2D eigenvalue weighted by molar-refractivity contribution is -0.141. The lowest BCUT2D eigenvalue weighted by atomic mass is 9.99. The van der Waals surface area contributed by atoms with E-state index in [0.29, 0.717) is 29.1 Å². The molecule has 1 aromatic rings. The molecule has 17 heavy (non-hydrogen) atoms. The fraction of sp³-hybridized carbons (Fsp3) is 0.417. The van der Waals surface area contributed by atoms with E-state index in [1.165, 1.54) is 6.07 Å². The van der Waals surface area contributed by atoms with Crippen LogP contribution in [0.4, 0.5) is 4.39 Å². The van der Waals surface area contributed by atoms with Gasteiger partial charge >= 0.3 is 5.97 Å². The van der Waals surface area contributed by atoms with E-state index in [0.717, 1.165) is 0 Å². The van der Waals surface area contributed by atoms with Crippen LogP contribution in [0.1, 0.15) is 23.6 Å². The fourth-order valence-electron chi connectivity index (χ4n) is 2.09. The second-order valence-corrected chi connectivity index (χ2v) is 4.76. The molecule has 1 fully saturated rings. The minimum Gasteiger partial charge on any atom is -0.481 e.